The van der Waals surface area contributed by atoms with Crippen molar-refractivity contribution in [3.8, 4) is 0 Å². The van der Waals surface area contributed by atoms with Crippen LogP contribution in [0.25, 0.3) is 21.9 Å². The van der Waals surface area contributed by atoms with E-state index in [2.05, 4.69) is 80.5 Å². The Morgan fingerprint density at radius 1 is 0.931 bits per heavy atom. The van der Waals surface area contributed by atoms with Crippen molar-refractivity contribution in [3.05, 3.63) is 90.0 Å². The van der Waals surface area contributed by atoms with E-state index in [0.717, 1.165) is 36.2 Å². The third-order valence-electron chi connectivity index (χ3n) is 6.04. The molecule has 2 aromatic carbocycles. The van der Waals surface area contributed by atoms with Gasteiger partial charge in [-0.05, 0) is 36.1 Å². The number of hydrogen-bond donors (Lipinski definition) is 2. The van der Waals surface area contributed by atoms with Crippen LogP contribution in [0.15, 0.2) is 73.2 Å². The number of anilines is 1. The zero-order chi connectivity index (χ0) is 19.2. The first-order valence-corrected chi connectivity index (χ1v) is 10.1. The van der Waals surface area contributed by atoms with Crippen molar-refractivity contribution in [2.75, 3.05) is 11.4 Å². The summed E-state index contributed by atoms with van der Waals surface area (Å²) in [6.07, 6.45) is 5.53. The molecule has 0 bridgehead atoms. The number of hydrogen-bond acceptors (Lipinski definition) is 3. The molecule has 4 heterocycles. The number of aromatic amines is 2. The van der Waals surface area contributed by atoms with Gasteiger partial charge in [-0.15, -0.1) is 0 Å². The lowest BCUT2D eigenvalue weighted by molar-refractivity contribution is 0.566. The van der Waals surface area contributed by atoms with Crippen LogP contribution in [-0.4, -0.2) is 26.5 Å². The van der Waals surface area contributed by atoms with Gasteiger partial charge in [0, 0.05) is 29.3 Å². The molecule has 0 amide bonds. The van der Waals surface area contributed by atoms with Crippen LogP contribution in [0.5, 0.6) is 0 Å². The Kier molecular flexibility index (Phi) is 3.66. The summed E-state index contributed by atoms with van der Waals surface area (Å²) < 4.78 is 0. The molecule has 5 aromatic rings. The molecule has 29 heavy (non-hydrogen) atoms. The zero-order valence-electron chi connectivity index (χ0n) is 16.0. The fraction of sp³-hybridized carbons (Fsp3) is 0.167. The Morgan fingerprint density at radius 3 is 2.72 bits per heavy atom. The lowest BCUT2D eigenvalue weighted by Crippen LogP contribution is -2.37. The van der Waals surface area contributed by atoms with Gasteiger partial charge in [-0.1, -0.05) is 48.5 Å². The summed E-state index contributed by atoms with van der Waals surface area (Å²) in [5, 5.41) is 2.42. The molecular weight excluding hydrogens is 358 g/mol. The summed E-state index contributed by atoms with van der Waals surface area (Å²) in [5.74, 6) is 1.00. The van der Waals surface area contributed by atoms with Crippen molar-refractivity contribution in [1.29, 1.82) is 0 Å². The molecule has 6 rings (SSSR count). The molecule has 0 spiro atoms. The Morgan fingerprint density at radius 2 is 1.79 bits per heavy atom. The molecule has 0 aliphatic carbocycles. The highest BCUT2D eigenvalue weighted by atomic mass is 15.2. The standard InChI is InChI=1S/C24H21N5/c1-2-6-16(7-3-1)14-21-22-18(17-8-4-5-9-20(17)28-22)11-13-29(21)24-19-10-12-25-23(19)26-15-27-24/h1-10,12,15,21,28H,11,13-14H2,(H,25,26,27). The summed E-state index contributed by atoms with van der Waals surface area (Å²) in [4.78, 5) is 18.5. The first-order chi connectivity index (χ1) is 14.4. The minimum Gasteiger partial charge on any atom is -0.356 e. The molecular formula is C24H21N5. The number of nitrogens with one attached hydrogen (secondary N) is 2. The molecule has 1 aliphatic rings. The van der Waals surface area contributed by atoms with Gasteiger partial charge in [0.2, 0.25) is 0 Å². The highest BCUT2D eigenvalue weighted by Crippen LogP contribution is 2.39. The number of rotatable bonds is 3. The molecule has 5 heteroatoms. The zero-order valence-corrected chi connectivity index (χ0v) is 16.0. The second-order valence-corrected chi connectivity index (χ2v) is 7.65. The molecule has 0 radical (unpaired) electrons. The number of nitrogens with zero attached hydrogens (tertiary/aromatic N) is 3. The fourth-order valence-corrected chi connectivity index (χ4v) is 4.71. The van der Waals surface area contributed by atoms with Gasteiger partial charge in [0.05, 0.1) is 11.4 Å². The van der Waals surface area contributed by atoms with Crippen LogP contribution < -0.4 is 4.90 Å². The van der Waals surface area contributed by atoms with Crippen LogP contribution in [0.2, 0.25) is 0 Å². The number of para-hydroxylation sites is 1. The Balaban J connectivity index is 1.53. The summed E-state index contributed by atoms with van der Waals surface area (Å²) in [7, 11) is 0. The van der Waals surface area contributed by atoms with E-state index < -0.39 is 0 Å². The highest BCUT2D eigenvalue weighted by Gasteiger charge is 2.32. The molecule has 0 saturated heterocycles. The van der Waals surface area contributed by atoms with Crippen LogP contribution >= 0.6 is 0 Å². The van der Waals surface area contributed by atoms with E-state index in [0.29, 0.717) is 0 Å². The Bertz CT molecular complexity index is 1300. The van der Waals surface area contributed by atoms with Crippen molar-refractivity contribution >= 4 is 27.8 Å². The minimum atomic E-state index is 0.196. The van der Waals surface area contributed by atoms with Crippen molar-refractivity contribution < 1.29 is 0 Å². The Labute approximate surface area is 168 Å². The third-order valence-corrected chi connectivity index (χ3v) is 6.04. The van der Waals surface area contributed by atoms with Crippen molar-refractivity contribution in [3.63, 3.8) is 0 Å². The van der Waals surface area contributed by atoms with Crippen LogP contribution in [-0.2, 0) is 12.8 Å². The summed E-state index contributed by atoms with van der Waals surface area (Å²) >= 11 is 0. The predicted octanol–water partition coefficient (Wildman–Crippen LogP) is 4.79. The summed E-state index contributed by atoms with van der Waals surface area (Å²) in [6, 6.07) is 21.6. The Hall–Kier alpha value is -3.60. The molecule has 3 aromatic heterocycles. The second kappa shape index (κ2) is 6.48. The number of aromatic nitrogens is 4. The van der Waals surface area contributed by atoms with E-state index >= 15 is 0 Å². The van der Waals surface area contributed by atoms with Gasteiger partial charge in [0.25, 0.3) is 0 Å². The normalized spacial score (nSPS) is 16.4. The van der Waals surface area contributed by atoms with Gasteiger partial charge in [0.1, 0.15) is 17.8 Å². The minimum absolute atomic E-state index is 0.196. The SMILES string of the molecule is c1ccc(CC2c3[nH]c4ccccc4c3CCN2c2ncnc3[nH]ccc23)cc1. The van der Waals surface area contributed by atoms with Crippen LogP contribution in [0, 0.1) is 0 Å². The third kappa shape index (κ3) is 2.62. The van der Waals surface area contributed by atoms with E-state index in [1.165, 1.54) is 27.7 Å². The van der Waals surface area contributed by atoms with Gasteiger partial charge < -0.3 is 14.9 Å². The molecule has 1 aliphatic heterocycles. The molecule has 142 valence electrons. The van der Waals surface area contributed by atoms with Crippen LogP contribution in [0.4, 0.5) is 5.82 Å². The maximum absolute atomic E-state index is 4.70. The molecule has 2 N–H and O–H groups in total. The maximum atomic E-state index is 4.70. The molecule has 0 saturated carbocycles. The van der Waals surface area contributed by atoms with Gasteiger partial charge in [-0.2, -0.15) is 0 Å². The van der Waals surface area contributed by atoms with E-state index in [1.807, 2.05) is 6.20 Å². The van der Waals surface area contributed by atoms with Crippen LogP contribution in [0.3, 0.4) is 0 Å². The topological polar surface area (TPSA) is 60.6 Å². The highest BCUT2D eigenvalue weighted by molar-refractivity contribution is 5.89. The van der Waals surface area contributed by atoms with Crippen molar-refractivity contribution in [2.24, 2.45) is 0 Å². The smallest absolute Gasteiger partial charge is 0.142 e. The number of H-pyrrole nitrogens is 2. The molecule has 1 unspecified atom stereocenters. The van der Waals surface area contributed by atoms with Gasteiger partial charge in [-0.25, -0.2) is 9.97 Å². The molecule has 1 atom stereocenters. The van der Waals surface area contributed by atoms with E-state index in [1.54, 1.807) is 6.33 Å². The first-order valence-electron chi connectivity index (χ1n) is 10.1. The van der Waals surface area contributed by atoms with Gasteiger partial charge in [0.15, 0.2) is 0 Å². The first kappa shape index (κ1) is 16.4. The monoisotopic (exact) mass is 379 g/mol. The van der Waals surface area contributed by atoms with E-state index in [9.17, 15) is 0 Å². The number of benzene rings is 2. The quantitative estimate of drug-likeness (QED) is 0.474. The molecule has 0 fully saturated rings. The average Bonchev–Trinajstić information content (AvgIpc) is 3.39. The summed E-state index contributed by atoms with van der Waals surface area (Å²) in [5.41, 5.74) is 6.18. The summed E-state index contributed by atoms with van der Waals surface area (Å²) in [6.45, 7) is 0.934. The second-order valence-electron chi connectivity index (χ2n) is 7.65. The predicted molar refractivity (Wildman–Crippen MR) is 116 cm³/mol. The maximum Gasteiger partial charge on any atom is 0.142 e. The molecule has 5 nitrogen and oxygen atoms in total. The average molecular weight is 379 g/mol. The lowest BCUT2D eigenvalue weighted by Gasteiger charge is -2.37. The van der Waals surface area contributed by atoms with Gasteiger partial charge >= 0.3 is 0 Å². The van der Waals surface area contributed by atoms with E-state index in [4.69, 9.17) is 4.98 Å². The van der Waals surface area contributed by atoms with Gasteiger partial charge in [-0.3, -0.25) is 0 Å². The van der Waals surface area contributed by atoms with Crippen LogP contribution in [0.1, 0.15) is 22.9 Å². The lowest BCUT2D eigenvalue weighted by atomic mass is 9.92. The largest absolute Gasteiger partial charge is 0.356 e. The van der Waals surface area contributed by atoms with E-state index in [-0.39, 0.29) is 6.04 Å². The van der Waals surface area contributed by atoms with Crippen molar-refractivity contribution in [2.45, 2.75) is 18.9 Å². The fourth-order valence-electron chi connectivity index (χ4n) is 4.71. The number of fused-ring (bicyclic) bond motifs is 4. The van der Waals surface area contributed by atoms with Crippen molar-refractivity contribution in [1.82, 2.24) is 19.9 Å².